The third-order valence-corrected chi connectivity index (χ3v) is 5.70. The third kappa shape index (κ3) is 6.29. The normalized spacial score (nSPS) is 13.8. The van der Waals surface area contributed by atoms with Gasteiger partial charge in [0.1, 0.15) is 0 Å². The van der Waals surface area contributed by atoms with Crippen LogP contribution in [0.3, 0.4) is 0 Å². The van der Waals surface area contributed by atoms with Gasteiger partial charge >= 0.3 is 6.18 Å². The highest BCUT2D eigenvalue weighted by atomic mass is 19.4. The Morgan fingerprint density at radius 2 is 1.54 bits per heavy atom. The highest BCUT2D eigenvalue weighted by Crippen LogP contribution is 2.42. The van der Waals surface area contributed by atoms with E-state index in [0.29, 0.717) is 0 Å². The van der Waals surface area contributed by atoms with Crippen molar-refractivity contribution in [1.29, 1.82) is 0 Å². The molecular formula is C22H35F3O. The Kier molecular flexibility index (Phi) is 9.70. The van der Waals surface area contributed by atoms with Crippen LogP contribution in [0.2, 0.25) is 0 Å². The molecule has 1 aromatic rings. The van der Waals surface area contributed by atoms with Crippen LogP contribution in [0.15, 0.2) is 24.3 Å². The molecule has 1 nitrogen and oxygen atoms in total. The van der Waals surface area contributed by atoms with E-state index in [4.69, 9.17) is 4.74 Å². The molecule has 1 aromatic carbocycles. The summed E-state index contributed by atoms with van der Waals surface area (Å²) >= 11 is 0. The van der Waals surface area contributed by atoms with Crippen LogP contribution in [0.4, 0.5) is 13.2 Å². The predicted octanol–water partition coefficient (Wildman–Crippen LogP) is 7.74. The van der Waals surface area contributed by atoms with Crippen molar-refractivity contribution >= 4 is 0 Å². The first-order valence-electron chi connectivity index (χ1n) is 10.1. The molecule has 1 unspecified atom stereocenters. The molecule has 0 aromatic heterocycles. The Balaban J connectivity index is 3.01. The number of hydrogen-bond donors (Lipinski definition) is 0. The SMILES string of the molecule is CCCCCCCCC(c1cccc(C(F)(F)F)c1)C(CC)(CC)OC. The topological polar surface area (TPSA) is 9.23 Å². The predicted molar refractivity (Wildman–Crippen MR) is 103 cm³/mol. The Morgan fingerprint density at radius 1 is 0.923 bits per heavy atom. The van der Waals surface area contributed by atoms with Crippen molar-refractivity contribution in [2.24, 2.45) is 0 Å². The summed E-state index contributed by atoms with van der Waals surface area (Å²) in [6.45, 7) is 6.32. The molecule has 0 amide bonds. The van der Waals surface area contributed by atoms with E-state index in [9.17, 15) is 13.2 Å². The summed E-state index contributed by atoms with van der Waals surface area (Å²) in [5.41, 5.74) is -0.229. The zero-order chi connectivity index (χ0) is 19.6. The molecule has 0 fully saturated rings. The molecule has 0 radical (unpaired) electrons. The van der Waals surface area contributed by atoms with Crippen molar-refractivity contribution in [3.05, 3.63) is 35.4 Å². The van der Waals surface area contributed by atoms with Crippen molar-refractivity contribution in [1.82, 2.24) is 0 Å². The molecule has 0 saturated heterocycles. The van der Waals surface area contributed by atoms with Gasteiger partial charge in [0.15, 0.2) is 0 Å². The summed E-state index contributed by atoms with van der Waals surface area (Å²) in [6.07, 6.45) is 5.18. The molecule has 4 heteroatoms. The molecule has 0 heterocycles. The minimum absolute atomic E-state index is 0.0176. The van der Waals surface area contributed by atoms with Crippen molar-refractivity contribution in [2.45, 2.75) is 96.3 Å². The van der Waals surface area contributed by atoms with Crippen LogP contribution in [0.25, 0.3) is 0 Å². The molecule has 26 heavy (non-hydrogen) atoms. The lowest BCUT2D eigenvalue weighted by atomic mass is 9.75. The average molecular weight is 373 g/mol. The van der Waals surface area contributed by atoms with Crippen LogP contribution >= 0.6 is 0 Å². The fourth-order valence-corrected chi connectivity index (χ4v) is 3.97. The second-order valence-electron chi connectivity index (χ2n) is 7.21. The largest absolute Gasteiger partial charge is 0.416 e. The third-order valence-electron chi connectivity index (χ3n) is 5.70. The van der Waals surface area contributed by atoms with Gasteiger partial charge in [-0.3, -0.25) is 0 Å². The first-order valence-corrected chi connectivity index (χ1v) is 10.1. The van der Waals surface area contributed by atoms with Gasteiger partial charge in [-0.05, 0) is 30.9 Å². The van der Waals surface area contributed by atoms with Gasteiger partial charge in [-0.2, -0.15) is 13.2 Å². The maximum Gasteiger partial charge on any atom is 0.416 e. The van der Waals surface area contributed by atoms with Crippen LogP contribution in [0, 0.1) is 0 Å². The van der Waals surface area contributed by atoms with Gasteiger partial charge < -0.3 is 4.74 Å². The molecule has 0 N–H and O–H groups in total. The second kappa shape index (κ2) is 11.0. The van der Waals surface area contributed by atoms with Gasteiger partial charge in [0.05, 0.1) is 11.2 Å². The fourth-order valence-electron chi connectivity index (χ4n) is 3.97. The number of methoxy groups -OCH3 is 1. The number of unbranched alkanes of at least 4 members (excludes halogenated alkanes) is 5. The first kappa shape index (κ1) is 23.0. The minimum atomic E-state index is -4.31. The van der Waals surface area contributed by atoms with Gasteiger partial charge in [-0.15, -0.1) is 0 Å². The number of ether oxygens (including phenoxy) is 1. The van der Waals surface area contributed by atoms with Crippen molar-refractivity contribution in [2.75, 3.05) is 7.11 Å². The smallest absolute Gasteiger partial charge is 0.378 e. The summed E-state index contributed by atoms with van der Waals surface area (Å²) < 4.78 is 45.4. The number of rotatable bonds is 12. The molecule has 150 valence electrons. The first-order chi connectivity index (χ1) is 12.3. The van der Waals surface area contributed by atoms with E-state index < -0.39 is 17.3 Å². The van der Waals surface area contributed by atoms with Crippen LogP contribution in [-0.4, -0.2) is 12.7 Å². The number of halogens is 3. The summed E-state index contributed by atoms with van der Waals surface area (Å²) in [6, 6.07) is 5.83. The molecule has 0 aliphatic rings. The average Bonchev–Trinajstić information content (AvgIpc) is 2.64. The van der Waals surface area contributed by atoms with Crippen molar-refractivity contribution in [3.8, 4) is 0 Å². The standard InChI is InChI=1S/C22H35F3O/c1-5-8-9-10-11-12-16-20(21(6-2,7-3)26-4)18-14-13-15-19(17-18)22(23,24)25/h13-15,17,20H,5-12,16H2,1-4H3. The molecule has 1 atom stereocenters. The highest BCUT2D eigenvalue weighted by molar-refractivity contribution is 5.30. The molecular weight excluding hydrogens is 337 g/mol. The van der Waals surface area contributed by atoms with E-state index in [1.54, 1.807) is 7.11 Å². The van der Waals surface area contributed by atoms with Gasteiger partial charge in [0.2, 0.25) is 0 Å². The molecule has 1 rings (SSSR count). The summed E-state index contributed by atoms with van der Waals surface area (Å²) in [7, 11) is 1.69. The summed E-state index contributed by atoms with van der Waals surface area (Å²) in [4.78, 5) is 0. The van der Waals surface area contributed by atoms with Gasteiger partial charge in [-0.1, -0.05) is 77.5 Å². The van der Waals surface area contributed by atoms with E-state index in [-0.39, 0.29) is 5.92 Å². The molecule has 0 saturated carbocycles. The zero-order valence-corrected chi connectivity index (χ0v) is 16.8. The molecule has 0 spiro atoms. The van der Waals surface area contributed by atoms with Crippen LogP contribution < -0.4 is 0 Å². The Bertz CT molecular complexity index is 498. The number of benzene rings is 1. The van der Waals surface area contributed by atoms with Crippen LogP contribution in [-0.2, 0) is 10.9 Å². The Labute approximate surface area is 157 Å². The van der Waals surface area contributed by atoms with Gasteiger partial charge in [-0.25, -0.2) is 0 Å². The van der Waals surface area contributed by atoms with Crippen molar-refractivity contribution in [3.63, 3.8) is 0 Å². The summed E-state index contributed by atoms with van der Waals surface area (Å²) in [5.74, 6) is -0.0176. The maximum absolute atomic E-state index is 13.2. The number of alkyl halides is 3. The zero-order valence-electron chi connectivity index (χ0n) is 16.8. The highest BCUT2D eigenvalue weighted by Gasteiger charge is 2.38. The lowest BCUT2D eigenvalue weighted by Gasteiger charge is -2.39. The van der Waals surface area contributed by atoms with E-state index >= 15 is 0 Å². The fraction of sp³-hybridized carbons (Fsp3) is 0.727. The van der Waals surface area contributed by atoms with Gasteiger partial charge in [0, 0.05) is 13.0 Å². The van der Waals surface area contributed by atoms with E-state index in [2.05, 4.69) is 20.8 Å². The van der Waals surface area contributed by atoms with E-state index in [1.807, 2.05) is 6.07 Å². The van der Waals surface area contributed by atoms with Crippen LogP contribution in [0.5, 0.6) is 0 Å². The van der Waals surface area contributed by atoms with E-state index in [0.717, 1.165) is 43.7 Å². The van der Waals surface area contributed by atoms with Gasteiger partial charge in [0.25, 0.3) is 0 Å². The lowest BCUT2D eigenvalue weighted by molar-refractivity contribution is -0.137. The number of hydrogen-bond acceptors (Lipinski definition) is 1. The Morgan fingerprint density at radius 3 is 2.08 bits per heavy atom. The van der Waals surface area contributed by atoms with Crippen LogP contribution in [0.1, 0.15) is 95.6 Å². The van der Waals surface area contributed by atoms with Crippen molar-refractivity contribution < 1.29 is 17.9 Å². The minimum Gasteiger partial charge on any atom is -0.378 e. The molecule has 0 aliphatic carbocycles. The van der Waals surface area contributed by atoms with E-state index in [1.165, 1.54) is 37.8 Å². The lowest BCUT2D eigenvalue weighted by Crippen LogP contribution is -2.37. The Hall–Kier alpha value is -1.03. The summed E-state index contributed by atoms with van der Waals surface area (Å²) in [5, 5.41) is 0. The molecule has 0 aliphatic heterocycles. The second-order valence-corrected chi connectivity index (χ2v) is 7.21. The maximum atomic E-state index is 13.2. The quantitative estimate of drug-likeness (QED) is 0.341. The monoisotopic (exact) mass is 372 g/mol. The molecule has 0 bridgehead atoms.